The Bertz CT molecular complexity index is 443. The predicted octanol–water partition coefficient (Wildman–Crippen LogP) is 6.01. The molecule has 1 N–H and O–H groups in total. The van der Waals surface area contributed by atoms with E-state index in [2.05, 4.69) is 60.2 Å². The first-order valence-corrected chi connectivity index (χ1v) is 9.44. The highest BCUT2D eigenvalue weighted by Gasteiger charge is 2.28. The van der Waals surface area contributed by atoms with Crippen LogP contribution in [0, 0.1) is 18.8 Å². The molecule has 1 aromatic carbocycles. The van der Waals surface area contributed by atoms with E-state index >= 15 is 0 Å². The van der Waals surface area contributed by atoms with Gasteiger partial charge in [0.05, 0.1) is 0 Å². The molecule has 1 nitrogen and oxygen atoms in total. The van der Waals surface area contributed by atoms with Crippen molar-refractivity contribution >= 4 is 15.9 Å². The summed E-state index contributed by atoms with van der Waals surface area (Å²) in [5.74, 6) is 1.74. The fourth-order valence-corrected chi connectivity index (χ4v) is 3.97. The van der Waals surface area contributed by atoms with E-state index in [9.17, 15) is 0 Å². The molecule has 2 rings (SSSR count). The minimum absolute atomic E-state index is 0.533. The molecule has 1 aliphatic carbocycles. The molecule has 0 bridgehead atoms. The number of hydrogen-bond acceptors (Lipinski definition) is 1. The molecule has 0 saturated heterocycles. The van der Waals surface area contributed by atoms with Gasteiger partial charge in [-0.1, -0.05) is 61.2 Å². The molecule has 3 unspecified atom stereocenters. The fourth-order valence-electron chi connectivity index (χ4n) is 3.72. The normalized spacial score (nSPS) is 24.0. The van der Waals surface area contributed by atoms with E-state index in [1.165, 1.54) is 54.1 Å². The number of hydrogen-bond donors (Lipinski definition) is 1. The van der Waals surface area contributed by atoms with Gasteiger partial charge in [0.25, 0.3) is 0 Å². The van der Waals surface area contributed by atoms with E-state index in [4.69, 9.17) is 0 Å². The van der Waals surface area contributed by atoms with Gasteiger partial charge in [-0.3, -0.25) is 0 Å². The SMILES string of the molecule is CCCNC(c1ccc(Br)c(C)c1)C1CCCC(CC)C1. The Hall–Kier alpha value is -0.340. The van der Waals surface area contributed by atoms with Gasteiger partial charge in [0.1, 0.15) is 0 Å². The second kappa shape index (κ2) is 8.33. The highest BCUT2D eigenvalue weighted by Crippen LogP contribution is 2.39. The fraction of sp³-hybridized carbons (Fsp3) is 0.684. The van der Waals surface area contributed by atoms with Crippen LogP contribution in [0.3, 0.4) is 0 Å². The number of aryl methyl sites for hydroxylation is 1. The van der Waals surface area contributed by atoms with Crippen LogP contribution in [-0.2, 0) is 0 Å². The molecule has 2 heteroatoms. The van der Waals surface area contributed by atoms with E-state index in [0.29, 0.717) is 6.04 Å². The predicted molar refractivity (Wildman–Crippen MR) is 95.7 cm³/mol. The summed E-state index contributed by atoms with van der Waals surface area (Å²) in [5.41, 5.74) is 2.82. The van der Waals surface area contributed by atoms with Crippen molar-refractivity contribution in [2.24, 2.45) is 11.8 Å². The first kappa shape index (κ1) is 17.0. The van der Waals surface area contributed by atoms with Crippen molar-refractivity contribution < 1.29 is 0 Å². The molecule has 0 amide bonds. The molecule has 1 saturated carbocycles. The van der Waals surface area contributed by atoms with E-state index in [1.54, 1.807) is 0 Å². The topological polar surface area (TPSA) is 12.0 Å². The van der Waals surface area contributed by atoms with Gasteiger partial charge in [0.2, 0.25) is 0 Å². The zero-order valence-corrected chi connectivity index (χ0v) is 15.4. The maximum atomic E-state index is 3.83. The monoisotopic (exact) mass is 351 g/mol. The number of nitrogens with one attached hydrogen (secondary N) is 1. The van der Waals surface area contributed by atoms with Crippen molar-refractivity contribution in [1.82, 2.24) is 5.32 Å². The number of benzene rings is 1. The molecule has 21 heavy (non-hydrogen) atoms. The lowest BCUT2D eigenvalue weighted by molar-refractivity contribution is 0.209. The molecular weight excluding hydrogens is 322 g/mol. The number of halogens is 1. The summed E-state index contributed by atoms with van der Waals surface area (Å²) in [6.45, 7) is 7.92. The van der Waals surface area contributed by atoms with Crippen LogP contribution >= 0.6 is 15.9 Å². The van der Waals surface area contributed by atoms with Crippen molar-refractivity contribution in [1.29, 1.82) is 0 Å². The minimum atomic E-state index is 0.533. The third kappa shape index (κ3) is 4.56. The van der Waals surface area contributed by atoms with Crippen LogP contribution in [-0.4, -0.2) is 6.54 Å². The molecule has 0 radical (unpaired) electrons. The van der Waals surface area contributed by atoms with Crippen LogP contribution in [0.5, 0.6) is 0 Å². The molecule has 0 aromatic heterocycles. The Morgan fingerprint density at radius 1 is 1.29 bits per heavy atom. The van der Waals surface area contributed by atoms with Crippen LogP contribution < -0.4 is 5.32 Å². The van der Waals surface area contributed by atoms with Crippen LogP contribution in [0.15, 0.2) is 22.7 Å². The standard InChI is InChI=1S/C19H30BrN/c1-4-11-21-19(16-8-6-7-15(5-2)13-16)17-9-10-18(20)14(3)12-17/h9-10,12,15-16,19,21H,4-8,11,13H2,1-3H3. The largest absolute Gasteiger partial charge is 0.310 e. The molecule has 1 fully saturated rings. The van der Waals surface area contributed by atoms with Crippen LogP contribution in [0.1, 0.15) is 69.5 Å². The lowest BCUT2D eigenvalue weighted by atomic mass is 9.75. The molecular formula is C19H30BrN. The summed E-state index contributed by atoms with van der Waals surface area (Å²) in [6.07, 6.45) is 8.17. The maximum absolute atomic E-state index is 3.83. The van der Waals surface area contributed by atoms with Crippen molar-refractivity contribution in [3.05, 3.63) is 33.8 Å². The van der Waals surface area contributed by atoms with E-state index in [-0.39, 0.29) is 0 Å². The molecule has 1 aromatic rings. The zero-order chi connectivity index (χ0) is 15.2. The molecule has 3 atom stereocenters. The van der Waals surface area contributed by atoms with Crippen LogP contribution in [0.4, 0.5) is 0 Å². The van der Waals surface area contributed by atoms with Gasteiger partial charge in [-0.25, -0.2) is 0 Å². The lowest BCUT2D eigenvalue weighted by Gasteiger charge is -2.35. The molecule has 0 aliphatic heterocycles. The Morgan fingerprint density at radius 2 is 2.10 bits per heavy atom. The zero-order valence-electron chi connectivity index (χ0n) is 13.8. The third-order valence-electron chi connectivity index (χ3n) is 5.03. The summed E-state index contributed by atoms with van der Waals surface area (Å²) in [5, 5.41) is 3.83. The summed E-state index contributed by atoms with van der Waals surface area (Å²) in [7, 11) is 0. The van der Waals surface area contributed by atoms with Crippen LogP contribution in [0.2, 0.25) is 0 Å². The van der Waals surface area contributed by atoms with Gasteiger partial charge >= 0.3 is 0 Å². The quantitative estimate of drug-likeness (QED) is 0.661. The summed E-state index contributed by atoms with van der Waals surface area (Å²) < 4.78 is 1.22. The van der Waals surface area contributed by atoms with Crippen molar-refractivity contribution in [2.75, 3.05) is 6.54 Å². The van der Waals surface area contributed by atoms with Gasteiger partial charge < -0.3 is 5.32 Å². The third-order valence-corrected chi connectivity index (χ3v) is 5.92. The molecule has 0 spiro atoms. The first-order valence-electron chi connectivity index (χ1n) is 8.65. The van der Waals surface area contributed by atoms with Gasteiger partial charge in [0, 0.05) is 10.5 Å². The average Bonchev–Trinajstić information content (AvgIpc) is 2.51. The van der Waals surface area contributed by atoms with Crippen molar-refractivity contribution in [3.8, 4) is 0 Å². The van der Waals surface area contributed by atoms with Gasteiger partial charge in [0.15, 0.2) is 0 Å². The second-order valence-corrected chi connectivity index (χ2v) is 7.50. The molecule has 118 valence electrons. The van der Waals surface area contributed by atoms with E-state index in [0.717, 1.165) is 18.4 Å². The molecule has 1 aliphatic rings. The summed E-state index contributed by atoms with van der Waals surface area (Å²) in [6, 6.07) is 7.42. The Kier molecular flexibility index (Phi) is 6.75. The Balaban J connectivity index is 2.18. The van der Waals surface area contributed by atoms with Gasteiger partial charge in [-0.2, -0.15) is 0 Å². The van der Waals surface area contributed by atoms with Crippen LogP contribution in [0.25, 0.3) is 0 Å². The van der Waals surface area contributed by atoms with Crippen molar-refractivity contribution in [2.45, 2.75) is 65.3 Å². The first-order chi connectivity index (χ1) is 10.2. The lowest BCUT2D eigenvalue weighted by Crippen LogP contribution is -2.32. The smallest absolute Gasteiger partial charge is 0.0348 e. The highest BCUT2D eigenvalue weighted by molar-refractivity contribution is 9.10. The summed E-state index contributed by atoms with van der Waals surface area (Å²) >= 11 is 3.63. The Labute approximate surface area is 139 Å². The van der Waals surface area contributed by atoms with E-state index in [1.807, 2.05) is 0 Å². The maximum Gasteiger partial charge on any atom is 0.0348 e. The summed E-state index contributed by atoms with van der Waals surface area (Å²) in [4.78, 5) is 0. The highest BCUT2D eigenvalue weighted by atomic mass is 79.9. The average molecular weight is 352 g/mol. The molecule has 0 heterocycles. The second-order valence-electron chi connectivity index (χ2n) is 6.64. The van der Waals surface area contributed by atoms with E-state index < -0.39 is 0 Å². The van der Waals surface area contributed by atoms with Gasteiger partial charge in [-0.15, -0.1) is 0 Å². The minimum Gasteiger partial charge on any atom is -0.310 e. The Morgan fingerprint density at radius 3 is 2.76 bits per heavy atom. The van der Waals surface area contributed by atoms with Gasteiger partial charge in [-0.05, 0) is 61.8 Å². The number of rotatable bonds is 6. The van der Waals surface area contributed by atoms with Crippen molar-refractivity contribution in [3.63, 3.8) is 0 Å².